The van der Waals surface area contributed by atoms with E-state index in [2.05, 4.69) is 24.1 Å². The Morgan fingerprint density at radius 2 is 2.16 bits per heavy atom. The van der Waals surface area contributed by atoms with Gasteiger partial charge in [-0.15, -0.1) is 0 Å². The normalized spacial score (nSPS) is 20.5. The minimum Gasteiger partial charge on any atom is -0.481 e. The van der Waals surface area contributed by atoms with Gasteiger partial charge < -0.3 is 10.4 Å². The molecule has 110 valence electrons. The average Bonchev–Trinajstić information content (AvgIpc) is 2.27. The van der Waals surface area contributed by atoms with Crippen LogP contribution in [0, 0.1) is 11.8 Å². The van der Waals surface area contributed by atoms with Crippen LogP contribution < -0.4 is 5.32 Å². The molecular weight excluding hydrogens is 244 g/mol. The fourth-order valence-corrected chi connectivity index (χ4v) is 2.47. The van der Waals surface area contributed by atoms with Crippen molar-refractivity contribution in [2.45, 2.75) is 39.5 Å². The molecule has 0 aliphatic carbocycles. The van der Waals surface area contributed by atoms with Crippen LogP contribution in [0.15, 0.2) is 0 Å². The van der Waals surface area contributed by atoms with Crippen LogP contribution in [0.3, 0.4) is 0 Å². The van der Waals surface area contributed by atoms with Crippen molar-refractivity contribution in [1.29, 1.82) is 0 Å². The highest BCUT2D eigenvalue weighted by Gasteiger charge is 2.23. The molecule has 0 aromatic carbocycles. The highest BCUT2D eigenvalue weighted by Crippen LogP contribution is 2.19. The predicted octanol–water partition coefficient (Wildman–Crippen LogP) is 1.34. The van der Waals surface area contributed by atoms with Crippen LogP contribution in [0.25, 0.3) is 0 Å². The van der Waals surface area contributed by atoms with Gasteiger partial charge in [-0.1, -0.05) is 13.8 Å². The molecule has 1 amide bonds. The second kappa shape index (κ2) is 8.15. The molecule has 1 atom stereocenters. The fraction of sp³-hybridized carbons (Fsp3) is 0.857. The number of piperidine rings is 1. The van der Waals surface area contributed by atoms with E-state index in [1.807, 2.05) is 0 Å². The van der Waals surface area contributed by atoms with Gasteiger partial charge in [-0.3, -0.25) is 14.5 Å². The second-order valence-electron chi connectivity index (χ2n) is 5.87. The lowest BCUT2D eigenvalue weighted by atomic mass is 9.95. The van der Waals surface area contributed by atoms with E-state index in [9.17, 15) is 9.59 Å². The van der Waals surface area contributed by atoms with Crippen LogP contribution in [0.5, 0.6) is 0 Å². The van der Waals surface area contributed by atoms with Gasteiger partial charge in [0.25, 0.3) is 0 Å². The maximum atomic E-state index is 11.8. The number of nitrogens with zero attached hydrogens (tertiary/aromatic N) is 1. The van der Waals surface area contributed by atoms with Gasteiger partial charge in [0.2, 0.25) is 5.91 Å². The van der Waals surface area contributed by atoms with Gasteiger partial charge in [-0.2, -0.15) is 0 Å². The van der Waals surface area contributed by atoms with Crippen molar-refractivity contribution < 1.29 is 14.7 Å². The van der Waals surface area contributed by atoms with Gasteiger partial charge in [-0.05, 0) is 37.6 Å². The first kappa shape index (κ1) is 16.0. The lowest BCUT2D eigenvalue weighted by molar-refractivity contribution is -0.138. The van der Waals surface area contributed by atoms with Gasteiger partial charge in [0.05, 0.1) is 6.54 Å². The van der Waals surface area contributed by atoms with Crippen molar-refractivity contribution in [2.24, 2.45) is 11.8 Å². The summed E-state index contributed by atoms with van der Waals surface area (Å²) in [6.07, 6.45) is 3.15. The summed E-state index contributed by atoms with van der Waals surface area (Å²) in [5, 5.41) is 11.7. The largest absolute Gasteiger partial charge is 0.481 e. The summed E-state index contributed by atoms with van der Waals surface area (Å²) in [5.41, 5.74) is 0. The van der Waals surface area contributed by atoms with E-state index < -0.39 is 5.97 Å². The zero-order chi connectivity index (χ0) is 14.3. The summed E-state index contributed by atoms with van der Waals surface area (Å²) in [6.45, 7) is 7.01. The van der Waals surface area contributed by atoms with Crippen LogP contribution in [-0.4, -0.2) is 48.1 Å². The summed E-state index contributed by atoms with van der Waals surface area (Å²) in [5.74, 6) is 0.0924. The number of carboxylic acid groups (broad SMARTS) is 1. The molecule has 19 heavy (non-hydrogen) atoms. The molecule has 1 heterocycles. The molecule has 1 fully saturated rings. The van der Waals surface area contributed by atoms with E-state index in [4.69, 9.17) is 5.11 Å². The van der Waals surface area contributed by atoms with Crippen LogP contribution >= 0.6 is 0 Å². The quantitative estimate of drug-likeness (QED) is 0.732. The smallest absolute Gasteiger partial charge is 0.303 e. The SMILES string of the molecule is CC(C)CCNC(=O)CN1CCCC(CC(=O)O)C1. The lowest BCUT2D eigenvalue weighted by Crippen LogP contribution is -2.43. The van der Waals surface area contributed by atoms with E-state index in [1.54, 1.807) is 0 Å². The highest BCUT2D eigenvalue weighted by atomic mass is 16.4. The van der Waals surface area contributed by atoms with E-state index in [1.165, 1.54) is 0 Å². The number of likely N-dealkylation sites (tertiary alicyclic amines) is 1. The molecule has 1 saturated heterocycles. The van der Waals surface area contributed by atoms with Gasteiger partial charge in [0.1, 0.15) is 0 Å². The minimum atomic E-state index is -0.742. The molecule has 5 heteroatoms. The maximum absolute atomic E-state index is 11.8. The van der Waals surface area contributed by atoms with Crippen LogP contribution in [0.1, 0.15) is 39.5 Å². The molecule has 2 N–H and O–H groups in total. The number of carbonyl (C=O) groups excluding carboxylic acids is 1. The number of nitrogens with one attached hydrogen (secondary N) is 1. The lowest BCUT2D eigenvalue weighted by Gasteiger charge is -2.31. The molecule has 0 aromatic heterocycles. The van der Waals surface area contributed by atoms with E-state index >= 15 is 0 Å². The Morgan fingerprint density at radius 3 is 2.79 bits per heavy atom. The van der Waals surface area contributed by atoms with Gasteiger partial charge in [-0.25, -0.2) is 0 Å². The molecule has 0 aromatic rings. The van der Waals surface area contributed by atoms with Gasteiger partial charge in [0, 0.05) is 19.5 Å². The number of aliphatic carboxylic acids is 1. The summed E-state index contributed by atoms with van der Waals surface area (Å²) in [6, 6.07) is 0. The second-order valence-corrected chi connectivity index (χ2v) is 5.87. The first-order valence-electron chi connectivity index (χ1n) is 7.18. The van der Waals surface area contributed by atoms with Crippen molar-refractivity contribution in [1.82, 2.24) is 10.2 Å². The Kier molecular flexibility index (Phi) is 6.84. The molecule has 1 aliphatic rings. The minimum absolute atomic E-state index is 0.0524. The Morgan fingerprint density at radius 1 is 1.42 bits per heavy atom. The predicted molar refractivity (Wildman–Crippen MR) is 73.9 cm³/mol. The summed E-state index contributed by atoms with van der Waals surface area (Å²) in [4.78, 5) is 24.5. The molecule has 1 aliphatic heterocycles. The summed E-state index contributed by atoms with van der Waals surface area (Å²) < 4.78 is 0. The Labute approximate surface area is 115 Å². The molecule has 0 radical (unpaired) electrons. The van der Waals surface area contributed by atoms with Crippen molar-refractivity contribution in [3.8, 4) is 0 Å². The van der Waals surface area contributed by atoms with Gasteiger partial charge >= 0.3 is 5.97 Å². The average molecular weight is 270 g/mol. The Hall–Kier alpha value is -1.10. The third kappa shape index (κ3) is 7.15. The number of hydrogen-bond acceptors (Lipinski definition) is 3. The molecule has 0 bridgehead atoms. The molecule has 0 saturated carbocycles. The number of amides is 1. The zero-order valence-electron chi connectivity index (χ0n) is 12.0. The van der Waals surface area contributed by atoms with E-state index in [0.29, 0.717) is 12.5 Å². The number of rotatable bonds is 7. The Balaban J connectivity index is 2.23. The topological polar surface area (TPSA) is 69.6 Å². The van der Waals surface area contributed by atoms with Crippen molar-refractivity contribution in [3.63, 3.8) is 0 Å². The number of carboxylic acids is 1. The summed E-state index contributed by atoms with van der Waals surface area (Å²) in [7, 11) is 0. The van der Waals surface area contributed by atoms with Crippen LogP contribution in [0.2, 0.25) is 0 Å². The molecule has 5 nitrogen and oxygen atoms in total. The first-order valence-corrected chi connectivity index (χ1v) is 7.18. The standard InChI is InChI=1S/C14H26N2O3/c1-11(2)5-6-15-13(17)10-16-7-3-4-12(9-16)8-14(18)19/h11-12H,3-10H2,1-2H3,(H,15,17)(H,18,19). The Bertz CT molecular complexity index is 305. The fourth-order valence-electron chi connectivity index (χ4n) is 2.47. The third-order valence-electron chi connectivity index (χ3n) is 3.48. The van der Waals surface area contributed by atoms with Gasteiger partial charge in [0.15, 0.2) is 0 Å². The van der Waals surface area contributed by atoms with E-state index in [-0.39, 0.29) is 18.2 Å². The third-order valence-corrected chi connectivity index (χ3v) is 3.48. The van der Waals surface area contributed by atoms with Crippen molar-refractivity contribution >= 4 is 11.9 Å². The molecule has 0 spiro atoms. The maximum Gasteiger partial charge on any atom is 0.303 e. The van der Waals surface area contributed by atoms with Crippen molar-refractivity contribution in [3.05, 3.63) is 0 Å². The number of hydrogen-bond donors (Lipinski definition) is 2. The van der Waals surface area contributed by atoms with Crippen molar-refractivity contribution in [2.75, 3.05) is 26.2 Å². The van der Waals surface area contributed by atoms with Crippen LogP contribution in [-0.2, 0) is 9.59 Å². The molecular formula is C14H26N2O3. The monoisotopic (exact) mass is 270 g/mol. The molecule has 1 unspecified atom stereocenters. The van der Waals surface area contributed by atoms with E-state index in [0.717, 1.165) is 38.9 Å². The van der Waals surface area contributed by atoms with Crippen LogP contribution in [0.4, 0.5) is 0 Å². The summed E-state index contributed by atoms with van der Waals surface area (Å²) >= 11 is 0. The highest BCUT2D eigenvalue weighted by molar-refractivity contribution is 5.78. The first-order chi connectivity index (χ1) is 8.97. The molecule has 1 rings (SSSR count). The number of carbonyl (C=O) groups is 2. The zero-order valence-corrected chi connectivity index (χ0v) is 12.0.